The van der Waals surface area contributed by atoms with Crippen LogP contribution in [0, 0.1) is 0 Å². The molecule has 0 aliphatic carbocycles. The summed E-state index contributed by atoms with van der Waals surface area (Å²) in [4.78, 5) is 32.4. The third-order valence-electron chi connectivity index (χ3n) is 4.84. The van der Waals surface area contributed by atoms with Gasteiger partial charge in [0.25, 0.3) is 11.9 Å². The zero-order valence-corrected chi connectivity index (χ0v) is 15.4. The first-order chi connectivity index (χ1) is 13.7. The molecule has 2 aromatic carbocycles. The Morgan fingerprint density at radius 1 is 0.964 bits per heavy atom. The van der Waals surface area contributed by atoms with Gasteiger partial charge in [0, 0.05) is 37.8 Å². The Morgan fingerprint density at radius 3 is 2.29 bits per heavy atom. The number of amidine groups is 1. The molecule has 6 nitrogen and oxygen atoms in total. The number of ether oxygens (including phenoxy) is 1. The zero-order chi connectivity index (χ0) is 19.3. The molecule has 0 radical (unpaired) electrons. The molecule has 142 valence electrons. The summed E-state index contributed by atoms with van der Waals surface area (Å²) in [5.41, 5.74) is 1.79. The lowest BCUT2D eigenvalue weighted by atomic mass is 10.1. The average Bonchev–Trinajstić information content (AvgIpc) is 3.15. The molecule has 1 saturated heterocycles. The van der Waals surface area contributed by atoms with Gasteiger partial charge in [-0.25, -0.2) is 0 Å². The van der Waals surface area contributed by atoms with E-state index in [4.69, 9.17) is 4.74 Å². The Kier molecular flexibility index (Phi) is 5.19. The van der Waals surface area contributed by atoms with E-state index < -0.39 is 6.10 Å². The van der Waals surface area contributed by atoms with Crippen molar-refractivity contribution in [2.45, 2.75) is 6.10 Å². The highest BCUT2D eigenvalue weighted by molar-refractivity contribution is 5.99. The molecule has 0 aromatic heterocycles. The summed E-state index contributed by atoms with van der Waals surface area (Å²) < 4.78 is 5.81. The molecule has 0 saturated carbocycles. The Labute approximate surface area is 163 Å². The van der Waals surface area contributed by atoms with E-state index in [-0.39, 0.29) is 11.8 Å². The second-order valence-corrected chi connectivity index (χ2v) is 6.70. The fourth-order valence-electron chi connectivity index (χ4n) is 3.27. The van der Waals surface area contributed by atoms with Gasteiger partial charge in [0.2, 0.25) is 12.0 Å². The highest BCUT2D eigenvalue weighted by atomic mass is 16.5. The van der Waals surface area contributed by atoms with Gasteiger partial charge in [-0.2, -0.15) is 4.99 Å². The van der Waals surface area contributed by atoms with Crippen molar-refractivity contribution in [2.24, 2.45) is 4.99 Å². The Morgan fingerprint density at radius 2 is 1.61 bits per heavy atom. The van der Waals surface area contributed by atoms with Gasteiger partial charge in [-0.15, -0.1) is 0 Å². The molecule has 2 aliphatic rings. The number of benzene rings is 2. The van der Waals surface area contributed by atoms with Crippen molar-refractivity contribution in [1.29, 1.82) is 0 Å². The number of carbonyl (C=O) groups excluding carboxylic acids is 2. The third kappa shape index (κ3) is 3.96. The van der Waals surface area contributed by atoms with Crippen molar-refractivity contribution in [3.8, 4) is 0 Å². The van der Waals surface area contributed by atoms with Gasteiger partial charge in [0.15, 0.2) is 0 Å². The minimum atomic E-state index is -0.676. The molecule has 1 unspecified atom stereocenters. The highest BCUT2D eigenvalue weighted by Crippen LogP contribution is 2.25. The van der Waals surface area contributed by atoms with Crippen LogP contribution in [0.4, 0.5) is 0 Å². The number of rotatable bonds is 3. The van der Waals surface area contributed by atoms with Crippen LogP contribution in [0.3, 0.4) is 0 Å². The van der Waals surface area contributed by atoms with Crippen LogP contribution in [0.25, 0.3) is 6.08 Å². The number of amides is 2. The molecule has 2 aliphatic heterocycles. The Balaban J connectivity index is 1.32. The van der Waals surface area contributed by atoms with Crippen LogP contribution in [0.2, 0.25) is 0 Å². The molecule has 0 spiro atoms. The number of nitrogens with zero attached hydrogens (tertiary/aromatic N) is 3. The average molecular weight is 375 g/mol. The molecule has 1 atom stereocenters. The molecule has 2 heterocycles. The van der Waals surface area contributed by atoms with Gasteiger partial charge in [0.1, 0.15) is 0 Å². The molecule has 0 bridgehead atoms. The van der Waals surface area contributed by atoms with E-state index in [1.54, 1.807) is 11.0 Å². The van der Waals surface area contributed by atoms with Gasteiger partial charge in [-0.3, -0.25) is 9.59 Å². The summed E-state index contributed by atoms with van der Waals surface area (Å²) in [6, 6.07) is 19.4. The molecule has 2 aromatic rings. The maximum Gasteiger partial charge on any atom is 0.296 e. The van der Waals surface area contributed by atoms with E-state index in [0.717, 1.165) is 11.1 Å². The van der Waals surface area contributed by atoms with Crippen molar-refractivity contribution >= 4 is 23.9 Å². The van der Waals surface area contributed by atoms with Crippen molar-refractivity contribution in [1.82, 2.24) is 9.80 Å². The van der Waals surface area contributed by atoms with Gasteiger partial charge in [0.05, 0.1) is 0 Å². The van der Waals surface area contributed by atoms with Gasteiger partial charge in [-0.1, -0.05) is 60.7 Å². The molecular weight excluding hydrogens is 354 g/mol. The fraction of sp³-hybridized carbons (Fsp3) is 0.227. The Hall–Kier alpha value is -3.41. The summed E-state index contributed by atoms with van der Waals surface area (Å²) in [5.74, 6) is -0.304. The van der Waals surface area contributed by atoms with E-state index in [0.29, 0.717) is 32.2 Å². The number of piperazine rings is 1. The van der Waals surface area contributed by atoms with Crippen molar-refractivity contribution in [3.05, 3.63) is 77.9 Å². The van der Waals surface area contributed by atoms with Crippen LogP contribution < -0.4 is 0 Å². The maximum atomic E-state index is 12.4. The number of hydrogen-bond acceptors (Lipinski definition) is 4. The number of aliphatic imine (C=N–C) groups is 1. The largest absolute Gasteiger partial charge is 0.446 e. The molecule has 4 rings (SSSR count). The van der Waals surface area contributed by atoms with Crippen molar-refractivity contribution in [2.75, 3.05) is 26.2 Å². The summed E-state index contributed by atoms with van der Waals surface area (Å²) in [6.07, 6.45) is 2.75. The van der Waals surface area contributed by atoms with Crippen LogP contribution in [-0.2, 0) is 14.3 Å². The SMILES string of the molecule is O=C1N=C(N2CCN(C(=O)C=Cc3ccccc3)CC2)OC1c1ccccc1. The molecule has 28 heavy (non-hydrogen) atoms. The second kappa shape index (κ2) is 8.08. The first-order valence-corrected chi connectivity index (χ1v) is 9.32. The van der Waals surface area contributed by atoms with E-state index in [1.165, 1.54) is 0 Å². The quantitative estimate of drug-likeness (QED) is 0.774. The zero-order valence-electron chi connectivity index (χ0n) is 15.4. The van der Waals surface area contributed by atoms with E-state index in [1.807, 2.05) is 71.6 Å². The predicted molar refractivity (Wildman–Crippen MR) is 106 cm³/mol. The predicted octanol–water partition coefficient (Wildman–Crippen LogP) is 2.50. The smallest absolute Gasteiger partial charge is 0.296 e. The molecule has 2 amide bonds. The summed E-state index contributed by atoms with van der Waals surface area (Å²) in [5, 5.41) is 0. The van der Waals surface area contributed by atoms with Crippen LogP contribution in [0.5, 0.6) is 0 Å². The second-order valence-electron chi connectivity index (χ2n) is 6.70. The van der Waals surface area contributed by atoms with Crippen LogP contribution in [0.15, 0.2) is 71.7 Å². The summed E-state index contributed by atoms with van der Waals surface area (Å²) >= 11 is 0. The van der Waals surface area contributed by atoms with Crippen LogP contribution in [-0.4, -0.2) is 53.8 Å². The van der Waals surface area contributed by atoms with E-state index in [9.17, 15) is 9.59 Å². The first-order valence-electron chi connectivity index (χ1n) is 9.32. The van der Waals surface area contributed by atoms with Crippen molar-refractivity contribution in [3.63, 3.8) is 0 Å². The van der Waals surface area contributed by atoms with E-state index >= 15 is 0 Å². The van der Waals surface area contributed by atoms with Crippen molar-refractivity contribution < 1.29 is 14.3 Å². The standard InChI is InChI=1S/C22H21N3O3/c26-19(12-11-17-7-3-1-4-8-17)24-13-15-25(16-14-24)22-23-21(27)20(28-22)18-9-5-2-6-10-18/h1-12,20H,13-16H2. The molecule has 6 heteroatoms. The summed E-state index contributed by atoms with van der Waals surface area (Å²) in [6.45, 7) is 2.28. The lowest BCUT2D eigenvalue weighted by molar-refractivity contribution is -0.127. The Bertz CT molecular complexity index is 901. The summed E-state index contributed by atoms with van der Waals surface area (Å²) in [7, 11) is 0. The van der Waals surface area contributed by atoms with Crippen LogP contribution >= 0.6 is 0 Å². The van der Waals surface area contributed by atoms with Crippen LogP contribution in [0.1, 0.15) is 17.2 Å². The van der Waals surface area contributed by atoms with E-state index in [2.05, 4.69) is 4.99 Å². The number of hydrogen-bond donors (Lipinski definition) is 0. The van der Waals surface area contributed by atoms with Gasteiger partial charge >= 0.3 is 0 Å². The van der Waals surface area contributed by atoms with Gasteiger partial charge in [-0.05, 0) is 11.6 Å². The lowest BCUT2D eigenvalue weighted by Crippen LogP contribution is -2.50. The highest BCUT2D eigenvalue weighted by Gasteiger charge is 2.34. The van der Waals surface area contributed by atoms with Gasteiger partial charge < -0.3 is 14.5 Å². The minimum absolute atomic E-state index is 0.0176. The molecular formula is C22H21N3O3. The molecule has 1 fully saturated rings. The normalized spacial score (nSPS) is 19.6. The fourth-order valence-corrected chi connectivity index (χ4v) is 3.27. The number of carbonyl (C=O) groups is 2. The third-order valence-corrected chi connectivity index (χ3v) is 4.84. The minimum Gasteiger partial charge on any atom is -0.446 e. The monoisotopic (exact) mass is 375 g/mol. The molecule has 0 N–H and O–H groups in total. The first kappa shape index (κ1) is 18.0. The maximum absolute atomic E-state index is 12.4. The lowest BCUT2D eigenvalue weighted by Gasteiger charge is -2.34. The topological polar surface area (TPSA) is 62.2 Å².